The number of benzene rings is 1. The van der Waals surface area contributed by atoms with E-state index in [1.54, 1.807) is 30.0 Å². The molecule has 10 heteroatoms. The number of hydrogen-bond donors (Lipinski definition) is 1. The van der Waals surface area contributed by atoms with Gasteiger partial charge >= 0.3 is 6.03 Å². The van der Waals surface area contributed by atoms with Crippen molar-refractivity contribution in [1.82, 2.24) is 19.7 Å². The molecule has 2 heterocycles. The Morgan fingerprint density at radius 1 is 1.04 bits per heavy atom. The summed E-state index contributed by atoms with van der Waals surface area (Å²) in [5.41, 5.74) is 1.13. The Bertz CT molecular complexity index is 944. The molecule has 0 radical (unpaired) electrons. The maximum absolute atomic E-state index is 12.3. The van der Waals surface area contributed by atoms with Gasteiger partial charge in [-0.1, -0.05) is 22.9 Å². The predicted molar refractivity (Wildman–Crippen MR) is 95.6 cm³/mol. The molecular weight excluding hydrogens is 372 g/mol. The van der Waals surface area contributed by atoms with Crippen LogP contribution in [0, 0.1) is 13.8 Å². The number of nitrogens with zero attached hydrogens (tertiary/aromatic N) is 3. The van der Waals surface area contributed by atoms with Crippen LogP contribution in [0.2, 0.25) is 0 Å². The van der Waals surface area contributed by atoms with Gasteiger partial charge in [0.25, 0.3) is 15.9 Å². The number of aromatic nitrogens is 1. The van der Waals surface area contributed by atoms with E-state index in [1.165, 1.54) is 17.0 Å². The Morgan fingerprint density at radius 3 is 2.19 bits per heavy atom. The van der Waals surface area contributed by atoms with Gasteiger partial charge < -0.3 is 14.3 Å². The van der Waals surface area contributed by atoms with E-state index in [-0.39, 0.29) is 42.7 Å². The van der Waals surface area contributed by atoms with E-state index in [0.717, 1.165) is 5.56 Å². The summed E-state index contributed by atoms with van der Waals surface area (Å²) in [5, 5.41) is 3.69. The van der Waals surface area contributed by atoms with Crippen LogP contribution in [0.15, 0.2) is 39.8 Å². The van der Waals surface area contributed by atoms with E-state index in [0.29, 0.717) is 5.76 Å². The number of carbonyl (C=O) groups excluding carboxylic acids is 2. The highest BCUT2D eigenvalue weighted by Crippen LogP contribution is 2.12. The largest absolute Gasteiger partial charge is 0.361 e. The zero-order valence-corrected chi connectivity index (χ0v) is 15.8. The molecule has 144 valence electrons. The first-order valence-electron chi connectivity index (χ1n) is 8.37. The van der Waals surface area contributed by atoms with Crippen molar-refractivity contribution in [1.29, 1.82) is 0 Å². The van der Waals surface area contributed by atoms with Gasteiger partial charge in [0, 0.05) is 32.2 Å². The summed E-state index contributed by atoms with van der Waals surface area (Å²) in [7, 11) is -3.94. The first-order valence-corrected chi connectivity index (χ1v) is 9.85. The number of sulfonamides is 1. The summed E-state index contributed by atoms with van der Waals surface area (Å²) in [6.07, 6.45) is 0. The molecule has 1 aromatic carbocycles. The molecule has 9 nitrogen and oxygen atoms in total. The summed E-state index contributed by atoms with van der Waals surface area (Å²) in [6.45, 7) is 4.54. The van der Waals surface area contributed by atoms with Crippen molar-refractivity contribution in [2.45, 2.75) is 18.7 Å². The predicted octanol–water partition coefficient (Wildman–Crippen LogP) is 1.15. The van der Waals surface area contributed by atoms with Crippen LogP contribution in [0.5, 0.6) is 0 Å². The maximum Gasteiger partial charge on any atom is 0.331 e. The lowest BCUT2D eigenvalue weighted by molar-refractivity contribution is 0.0657. The second-order valence-electron chi connectivity index (χ2n) is 6.33. The van der Waals surface area contributed by atoms with Crippen molar-refractivity contribution in [2.75, 3.05) is 26.2 Å². The number of rotatable bonds is 3. The molecule has 0 unspecified atom stereocenters. The van der Waals surface area contributed by atoms with Crippen LogP contribution in [0.25, 0.3) is 0 Å². The van der Waals surface area contributed by atoms with Gasteiger partial charge in [-0.05, 0) is 26.0 Å². The minimum atomic E-state index is -3.94. The number of aryl methyl sites for hydroxylation is 2. The third-order valence-corrected chi connectivity index (χ3v) is 5.59. The monoisotopic (exact) mass is 392 g/mol. The second kappa shape index (κ2) is 7.39. The van der Waals surface area contributed by atoms with Crippen LogP contribution in [0.3, 0.4) is 0 Å². The van der Waals surface area contributed by atoms with E-state index >= 15 is 0 Å². The molecule has 0 bridgehead atoms. The Balaban J connectivity index is 1.58. The average molecular weight is 392 g/mol. The topological polar surface area (TPSA) is 113 Å². The molecule has 3 amide bonds. The van der Waals surface area contributed by atoms with Crippen molar-refractivity contribution in [3.05, 3.63) is 47.3 Å². The highest BCUT2D eigenvalue weighted by molar-refractivity contribution is 7.90. The van der Waals surface area contributed by atoms with E-state index < -0.39 is 16.1 Å². The minimum absolute atomic E-state index is 0.0247. The fourth-order valence-corrected chi connectivity index (χ4v) is 3.67. The number of carbonyl (C=O) groups is 2. The molecule has 1 aliphatic heterocycles. The van der Waals surface area contributed by atoms with Gasteiger partial charge in [0.2, 0.25) is 0 Å². The molecule has 1 aromatic heterocycles. The Labute approximate surface area is 157 Å². The van der Waals surface area contributed by atoms with E-state index in [4.69, 9.17) is 4.52 Å². The number of nitrogens with one attached hydrogen (secondary N) is 1. The minimum Gasteiger partial charge on any atom is -0.361 e. The number of urea groups is 1. The lowest BCUT2D eigenvalue weighted by Gasteiger charge is -2.34. The van der Waals surface area contributed by atoms with Crippen LogP contribution >= 0.6 is 0 Å². The van der Waals surface area contributed by atoms with Gasteiger partial charge in [0.15, 0.2) is 5.69 Å². The summed E-state index contributed by atoms with van der Waals surface area (Å²) in [4.78, 5) is 27.6. The zero-order valence-electron chi connectivity index (χ0n) is 15.0. The van der Waals surface area contributed by atoms with Crippen LogP contribution in [0.4, 0.5) is 4.79 Å². The summed E-state index contributed by atoms with van der Waals surface area (Å²) >= 11 is 0. The van der Waals surface area contributed by atoms with Crippen LogP contribution in [-0.2, 0) is 10.0 Å². The highest BCUT2D eigenvalue weighted by Gasteiger charge is 2.28. The molecule has 0 aliphatic carbocycles. The van der Waals surface area contributed by atoms with Gasteiger partial charge in [-0.2, -0.15) is 0 Å². The third kappa shape index (κ3) is 4.27. The molecule has 1 saturated heterocycles. The molecule has 1 N–H and O–H groups in total. The lowest BCUT2D eigenvalue weighted by atomic mass is 10.2. The van der Waals surface area contributed by atoms with Crippen LogP contribution in [-0.4, -0.2) is 61.5 Å². The normalized spacial score (nSPS) is 14.9. The molecule has 0 saturated carbocycles. The van der Waals surface area contributed by atoms with Crippen LogP contribution < -0.4 is 4.72 Å². The molecular formula is C17H20N4O5S. The molecule has 0 atom stereocenters. The molecule has 3 rings (SSSR count). The maximum atomic E-state index is 12.3. The van der Waals surface area contributed by atoms with Gasteiger partial charge in [-0.3, -0.25) is 4.79 Å². The molecule has 2 aromatic rings. The number of piperazine rings is 1. The molecule has 1 fully saturated rings. The second-order valence-corrected chi connectivity index (χ2v) is 8.01. The van der Waals surface area contributed by atoms with Crippen molar-refractivity contribution < 1.29 is 22.5 Å². The van der Waals surface area contributed by atoms with Gasteiger partial charge in [-0.15, -0.1) is 0 Å². The van der Waals surface area contributed by atoms with Gasteiger partial charge in [0.1, 0.15) is 5.76 Å². The lowest BCUT2D eigenvalue weighted by Crippen LogP contribution is -2.54. The molecule has 27 heavy (non-hydrogen) atoms. The first-order chi connectivity index (χ1) is 12.8. The van der Waals surface area contributed by atoms with Crippen molar-refractivity contribution >= 4 is 22.0 Å². The Kier molecular flexibility index (Phi) is 5.17. The standard InChI is InChI=1S/C17H20N4O5S/c1-12-3-5-14(6-4-12)27(24,25)19-17(23)21-9-7-20(8-10-21)16(22)15-11-13(2)26-18-15/h3-6,11H,7-10H2,1-2H3,(H,19,23). The number of amides is 3. The van der Waals surface area contributed by atoms with Crippen molar-refractivity contribution in [3.8, 4) is 0 Å². The zero-order chi connectivity index (χ0) is 19.6. The van der Waals surface area contributed by atoms with Crippen LogP contribution in [0.1, 0.15) is 21.8 Å². The smallest absolute Gasteiger partial charge is 0.331 e. The van der Waals surface area contributed by atoms with Gasteiger partial charge in [-0.25, -0.2) is 17.9 Å². The third-order valence-electron chi connectivity index (χ3n) is 4.25. The fourth-order valence-electron chi connectivity index (χ4n) is 2.70. The summed E-state index contributed by atoms with van der Waals surface area (Å²) in [5.74, 6) is 0.261. The molecule has 0 spiro atoms. The van der Waals surface area contributed by atoms with Crippen molar-refractivity contribution in [3.63, 3.8) is 0 Å². The number of hydrogen-bond acceptors (Lipinski definition) is 6. The summed E-state index contributed by atoms with van der Waals surface area (Å²) < 4.78 is 31.6. The Morgan fingerprint density at radius 2 is 1.63 bits per heavy atom. The van der Waals surface area contributed by atoms with E-state index in [1.807, 2.05) is 6.92 Å². The molecule has 1 aliphatic rings. The SMILES string of the molecule is Cc1ccc(S(=O)(=O)NC(=O)N2CCN(C(=O)c3cc(C)on3)CC2)cc1. The van der Waals surface area contributed by atoms with E-state index in [2.05, 4.69) is 9.88 Å². The van der Waals surface area contributed by atoms with Crippen molar-refractivity contribution in [2.24, 2.45) is 0 Å². The average Bonchev–Trinajstić information content (AvgIpc) is 3.07. The quantitative estimate of drug-likeness (QED) is 0.838. The van der Waals surface area contributed by atoms with Gasteiger partial charge in [0.05, 0.1) is 4.90 Å². The first kappa shape index (κ1) is 18.9. The summed E-state index contributed by atoms with van der Waals surface area (Å²) in [6, 6.07) is 7.06. The Hall–Kier alpha value is -2.88. The fraction of sp³-hybridized carbons (Fsp3) is 0.353. The van der Waals surface area contributed by atoms with E-state index in [9.17, 15) is 18.0 Å². The highest BCUT2D eigenvalue weighted by atomic mass is 32.2.